The molecule has 3 nitrogen and oxygen atoms in total. The second kappa shape index (κ2) is 4.17. The predicted octanol–water partition coefficient (Wildman–Crippen LogP) is 2.61. The zero-order chi connectivity index (χ0) is 10.7. The number of benzene rings is 1. The minimum absolute atomic E-state index is 0.704. The summed E-state index contributed by atoms with van der Waals surface area (Å²) in [6.45, 7) is 2.78. The fourth-order valence-corrected chi connectivity index (χ4v) is 1.50. The Bertz CT molecular complexity index is 468. The van der Waals surface area contributed by atoms with E-state index in [2.05, 4.69) is 11.9 Å². The molecule has 0 aliphatic heterocycles. The third-order valence-electron chi connectivity index (χ3n) is 2.23. The molecule has 0 atom stereocenters. The number of aromatic nitrogens is 1. The van der Waals surface area contributed by atoms with Crippen molar-refractivity contribution >= 4 is 16.6 Å². The molecule has 0 fully saturated rings. The summed E-state index contributed by atoms with van der Waals surface area (Å²) in [5.41, 5.74) is 7.43. The van der Waals surface area contributed by atoms with Gasteiger partial charge in [-0.2, -0.15) is 0 Å². The van der Waals surface area contributed by atoms with E-state index in [4.69, 9.17) is 10.5 Å². The largest absolute Gasteiger partial charge is 0.491 e. The Kier molecular flexibility index (Phi) is 2.72. The molecular weight excluding hydrogens is 188 g/mol. The average molecular weight is 202 g/mol. The summed E-state index contributed by atoms with van der Waals surface area (Å²) in [7, 11) is 0. The van der Waals surface area contributed by atoms with Crippen molar-refractivity contribution in [3.8, 4) is 5.75 Å². The minimum atomic E-state index is 0.704. The average Bonchev–Trinajstić information content (AvgIpc) is 2.29. The lowest BCUT2D eigenvalue weighted by Crippen LogP contribution is -1.97. The summed E-state index contributed by atoms with van der Waals surface area (Å²) in [4.78, 5) is 4.29. The Balaban J connectivity index is 2.51. The first-order chi connectivity index (χ1) is 7.33. The molecule has 0 saturated heterocycles. The second-order valence-corrected chi connectivity index (χ2v) is 3.40. The molecule has 1 heterocycles. The van der Waals surface area contributed by atoms with Gasteiger partial charge in [0.15, 0.2) is 0 Å². The van der Waals surface area contributed by atoms with Crippen LogP contribution in [0.15, 0.2) is 30.5 Å². The van der Waals surface area contributed by atoms with E-state index in [1.54, 1.807) is 6.20 Å². The van der Waals surface area contributed by atoms with Crippen molar-refractivity contribution in [2.24, 2.45) is 0 Å². The molecule has 0 amide bonds. The van der Waals surface area contributed by atoms with Gasteiger partial charge in [0.25, 0.3) is 0 Å². The van der Waals surface area contributed by atoms with Crippen LogP contribution in [0.3, 0.4) is 0 Å². The fraction of sp³-hybridized carbons (Fsp3) is 0.250. The maximum atomic E-state index is 5.86. The van der Waals surface area contributed by atoms with Crippen molar-refractivity contribution in [3.63, 3.8) is 0 Å². The van der Waals surface area contributed by atoms with E-state index >= 15 is 0 Å². The molecular formula is C12H14N2O. The van der Waals surface area contributed by atoms with Crippen LogP contribution in [0.25, 0.3) is 10.9 Å². The topological polar surface area (TPSA) is 48.1 Å². The van der Waals surface area contributed by atoms with Crippen LogP contribution in [0.4, 0.5) is 5.69 Å². The first-order valence-electron chi connectivity index (χ1n) is 5.09. The normalized spacial score (nSPS) is 10.5. The number of anilines is 1. The number of nitrogens with two attached hydrogens (primary N) is 1. The lowest BCUT2D eigenvalue weighted by molar-refractivity contribution is 0.320. The van der Waals surface area contributed by atoms with Crippen LogP contribution in [0.1, 0.15) is 13.3 Å². The summed E-state index contributed by atoms with van der Waals surface area (Å²) in [5.74, 6) is 0.807. The zero-order valence-electron chi connectivity index (χ0n) is 8.73. The van der Waals surface area contributed by atoms with E-state index in [0.29, 0.717) is 6.61 Å². The molecule has 0 saturated carbocycles. The van der Waals surface area contributed by atoms with Crippen LogP contribution in [-0.4, -0.2) is 11.6 Å². The highest BCUT2D eigenvalue weighted by atomic mass is 16.5. The van der Waals surface area contributed by atoms with E-state index in [9.17, 15) is 0 Å². The van der Waals surface area contributed by atoms with Gasteiger partial charge < -0.3 is 10.5 Å². The third kappa shape index (κ3) is 1.86. The van der Waals surface area contributed by atoms with Crippen LogP contribution in [0, 0.1) is 0 Å². The highest BCUT2D eigenvalue weighted by Crippen LogP contribution is 2.27. The fourth-order valence-electron chi connectivity index (χ4n) is 1.50. The predicted molar refractivity (Wildman–Crippen MR) is 61.9 cm³/mol. The molecule has 15 heavy (non-hydrogen) atoms. The lowest BCUT2D eigenvalue weighted by atomic mass is 10.2. The number of ether oxygens (including phenoxy) is 1. The van der Waals surface area contributed by atoms with Gasteiger partial charge in [-0.1, -0.05) is 6.92 Å². The van der Waals surface area contributed by atoms with Gasteiger partial charge >= 0.3 is 0 Å². The smallest absolute Gasteiger partial charge is 0.145 e. The summed E-state index contributed by atoms with van der Waals surface area (Å²) >= 11 is 0. The quantitative estimate of drug-likeness (QED) is 0.778. The van der Waals surface area contributed by atoms with E-state index in [0.717, 1.165) is 28.8 Å². The van der Waals surface area contributed by atoms with Crippen molar-refractivity contribution in [2.45, 2.75) is 13.3 Å². The van der Waals surface area contributed by atoms with Crippen LogP contribution in [0.5, 0.6) is 5.75 Å². The number of nitrogens with zero attached hydrogens (tertiary/aromatic N) is 1. The number of pyridine rings is 1. The number of rotatable bonds is 3. The monoisotopic (exact) mass is 202 g/mol. The summed E-state index contributed by atoms with van der Waals surface area (Å²) in [6, 6.07) is 7.56. The van der Waals surface area contributed by atoms with Crippen molar-refractivity contribution < 1.29 is 4.74 Å². The molecule has 2 aromatic rings. The van der Waals surface area contributed by atoms with Gasteiger partial charge in [0.05, 0.1) is 6.61 Å². The Morgan fingerprint density at radius 3 is 3.00 bits per heavy atom. The minimum Gasteiger partial charge on any atom is -0.491 e. The van der Waals surface area contributed by atoms with Crippen molar-refractivity contribution in [1.82, 2.24) is 4.98 Å². The number of nitrogen functional groups attached to an aromatic ring is 1. The Morgan fingerprint density at radius 1 is 1.33 bits per heavy atom. The van der Waals surface area contributed by atoms with Crippen molar-refractivity contribution in [1.29, 1.82) is 0 Å². The van der Waals surface area contributed by atoms with E-state index < -0.39 is 0 Å². The molecule has 0 radical (unpaired) electrons. The van der Waals surface area contributed by atoms with Gasteiger partial charge in [-0.05, 0) is 30.7 Å². The maximum absolute atomic E-state index is 5.86. The van der Waals surface area contributed by atoms with Crippen molar-refractivity contribution in [3.05, 3.63) is 30.5 Å². The summed E-state index contributed by atoms with van der Waals surface area (Å²) < 4.78 is 5.61. The van der Waals surface area contributed by atoms with Gasteiger partial charge in [-0.25, -0.2) is 0 Å². The Morgan fingerprint density at radius 2 is 2.20 bits per heavy atom. The SMILES string of the molecule is CCCOc1ccc(N)c2cccnc12. The van der Waals surface area contributed by atoms with E-state index in [1.807, 2.05) is 24.3 Å². The molecule has 2 N–H and O–H groups in total. The third-order valence-corrected chi connectivity index (χ3v) is 2.23. The molecule has 0 aliphatic rings. The maximum Gasteiger partial charge on any atom is 0.145 e. The molecule has 0 spiro atoms. The lowest BCUT2D eigenvalue weighted by Gasteiger charge is -2.08. The first-order valence-corrected chi connectivity index (χ1v) is 5.09. The van der Waals surface area contributed by atoms with Gasteiger partial charge in [-0.15, -0.1) is 0 Å². The second-order valence-electron chi connectivity index (χ2n) is 3.40. The molecule has 78 valence electrons. The molecule has 0 unspecified atom stereocenters. The Hall–Kier alpha value is -1.77. The van der Waals surface area contributed by atoms with Crippen LogP contribution >= 0.6 is 0 Å². The molecule has 1 aromatic heterocycles. The highest BCUT2D eigenvalue weighted by molar-refractivity contribution is 5.94. The van der Waals surface area contributed by atoms with Gasteiger partial charge in [-0.3, -0.25) is 4.98 Å². The van der Waals surface area contributed by atoms with Crippen LogP contribution in [-0.2, 0) is 0 Å². The van der Waals surface area contributed by atoms with Gasteiger partial charge in [0, 0.05) is 17.3 Å². The first kappa shape index (κ1) is 9.77. The van der Waals surface area contributed by atoms with Crippen molar-refractivity contribution in [2.75, 3.05) is 12.3 Å². The molecule has 0 aliphatic carbocycles. The number of hydrogen-bond acceptors (Lipinski definition) is 3. The van der Waals surface area contributed by atoms with E-state index in [-0.39, 0.29) is 0 Å². The van der Waals surface area contributed by atoms with Gasteiger partial charge in [0.2, 0.25) is 0 Å². The van der Waals surface area contributed by atoms with E-state index in [1.165, 1.54) is 0 Å². The summed E-state index contributed by atoms with van der Waals surface area (Å²) in [6.07, 6.45) is 2.74. The van der Waals surface area contributed by atoms with Crippen LogP contribution < -0.4 is 10.5 Å². The van der Waals surface area contributed by atoms with Crippen LogP contribution in [0.2, 0.25) is 0 Å². The zero-order valence-corrected chi connectivity index (χ0v) is 8.73. The summed E-state index contributed by atoms with van der Waals surface area (Å²) in [5, 5.41) is 0.950. The molecule has 3 heteroatoms. The molecule has 2 rings (SSSR count). The standard InChI is InChI=1S/C12H14N2O/c1-2-8-15-11-6-5-10(13)9-4-3-7-14-12(9)11/h3-7H,2,8,13H2,1H3. The number of fused-ring (bicyclic) bond motifs is 1. The highest BCUT2D eigenvalue weighted by Gasteiger charge is 2.04. The molecule has 0 bridgehead atoms. The molecule has 1 aromatic carbocycles. The number of hydrogen-bond donors (Lipinski definition) is 1. The Labute approximate surface area is 88.9 Å². The van der Waals surface area contributed by atoms with Gasteiger partial charge in [0.1, 0.15) is 11.3 Å².